The third-order valence-electron chi connectivity index (χ3n) is 9.26. The number of hydrogen-bond acceptors (Lipinski definition) is 7. The van der Waals surface area contributed by atoms with Crippen LogP contribution in [0.1, 0.15) is 140 Å². The van der Waals surface area contributed by atoms with E-state index in [2.05, 4.69) is 52.0 Å². The number of amides is 1. The van der Waals surface area contributed by atoms with Crippen LogP contribution in [0.15, 0.2) is 71.9 Å². The van der Waals surface area contributed by atoms with E-state index in [1.165, 1.54) is 38.5 Å². The number of benzene rings is 3. The van der Waals surface area contributed by atoms with E-state index in [0.717, 1.165) is 44.1 Å². The Morgan fingerprint density at radius 2 is 1.06 bits per heavy atom. The molecule has 0 saturated carbocycles. The number of carbonyl (C=O) groups is 1. The largest absolute Gasteiger partial charge is 0.491 e. The summed E-state index contributed by atoms with van der Waals surface area (Å²) in [5.41, 5.74) is 2.28. The van der Waals surface area contributed by atoms with Gasteiger partial charge in [-0.05, 0) is 61.3 Å². The molecule has 0 aliphatic heterocycles. The zero-order valence-electron chi connectivity index (χ0n) is 34.0. The highest BCUT2D eigenvalue weighted by Gasteiger charge is 2.20. The molecule has 54 heavy (non-hydrogen) atoms. The molecule has 8 nitrogen and oxygen atoms in total. The number of unbranched alkanes of at least 4 members (excludes halogenated alkanes) is 6. The topological polar surface area (TPSA) is 98.6 Å². The second-order valence-electron chi connectivity index (χ2n) is 15.5. The van der Waals surface area contributed by atoms with Gasteiger partial charge in [-0.1, -0.05) is 147 Å². The SMILES string of the molecule is CC(C)CCCCCOc1cc(C(=O)NCCOc2ccccc2C(=NO)c2ccccc2)cc(OCCCCCC(C)C)c1OCCCCCC(C)C. The van der Waals surface area contributed by atoms with Crippen molar-refractivity contribution in [3.63, 3.8) is 0 Å². The first-order chi connectivity index (χ1) is 26.2. The molecule has 0 radical (unpaired) electrons. The van der Waals surface area contributed by atoms with E-state index >= 15 is 0 Å². The van der Waals surface area contributed by atoms with E-state index in [4.69, 9.17) is 18.9 Å². The van der Waals surface area contributed by atoms with Crippen molar-refractivity contribution < 1.29 is 28.9 Å². The first kappa shape index (κ1) is 44.2. The zero-order valence-corrected chi connectivity index (χ0v) is 34.0. The normalized spacial score (nSPS) is 11.7. The number of hydrogen-bond donors (Lipinski definition) is 2. The fourth-order valence-corrected chi connectivity index (χ4v) is 6.18. The van der Waals surface area contributed by atoms with Crippen LogP contribution in [-0.4, -0.2) is 49.8 Å². The van der Waals surface area contributed by atoms with Gasteiger partial charge in [0, 0.05) is 16.7 Å². The van der Waals surface area contributed by atoms with Crippen molar-refractivity contribution in [2.45, 2.75) is 119 Å². The average Bonchev–Trinajstić information content (AvgIpc) is 3.15. The third-order valence-corrected chi connectivity index (χ3v) is 9.26. The standard InChI is InChI=1S/C46H68N2O6/c1-35(2)21-11-8-18-29-51-42-33-39(34-43(52-30-19-9-12-22-36(3)4)45(42)54-31-20-10-13-23-37(5)6)46(49)47-28-32-53-41-27-17-16-26-40(41)44(48-50)38-24-14-7-15-25-38/h7,14-17,24-27,33-37,50H,8-13,18-23,28-32H2,1-6H3,(H,47,49). The fraction of sp³-hybridized carbons (Fsp3) is 0.565. The number of oxime groups is 1. The highest BCUT2D eigenvalue weighted by atomic mass is 16.5. The average molecular weight is 745 g/mol. The Morgan fingerprint density at radius 3 is 1.57 bits per heavy atom. The number of ether oxygens (including phenoxy) is 4. The van der Waals surface area contributed by atoms with Gasteiger partial charge in [0.25, 0.3) is 5.91 Å². The van der Waals surface area contributed by atoms with Crippen LogP contribution >= 0.6 is 0 Å². The molecule has 298 valence electrons. The molecule has 0 bridgehead atoms. The number of nitrogens with one attached hydrogen (secondary N) is 1. The van der Waals surface area contributed by atoms with Crippen molar-refractivity contribution >= 4 is 11.6 Å². The van der Waals surface area contributed by atoms with Crippen molar-refractivity contribution in [1.29, 1.82) is 0 Å². The molecule has 0 aliphatic rings. The molecule has 0 aliphatic carbocycles. The number of nitrogens with zero attached hydrogens (tertiary/aromatic N) is 1. The molecule has 0 fully saturated rings. The summed E-state index contributed by atoms with van der Waals surface area (Å²) in [7, 11) is 0. The summed E-state index contributed by atoms with van der Waals surface area (Å²) in [4.78, 5) is 13.7. The minimum Gasteiger partial charge on any atom is -0.491 e. The van der Waals surface area contributed by atoms with Crippen molar-refractivity contribution in [1.82, 2.24) is 5.32 Å². The Hall–Kier alpha value is -4.20. The molecule has 0 saturated heterocycles. The van der Waals surface area contributed by atoms with Crippen LogP contribution in [0.4, 0.5) is 0 Å². The predicted molar refractivity (Wildman–Crippen MR) is 221 cm³/mol. The molecule has 2 N–H and O–H groups in total. The molecule has 3 rings (SSSR count). The minimum absolute atomic E-state index is 0.216. The van der Waals surface area contributed by atoms with Gasteiger partial charge < -0.3 is 29.5 Å². The van der Waals surface area contributed by atoms with Crippen LogP contribution in [0.25, 0.3) is 0 Å². The molecule has 0 atom stereocenters. The second-order valence-corrected chi connectivity index (χ2v) is 15.5. The lowest BCUT2D eigenvalue weighted by Crippen LogP contribution is -2.28. The van der Waals surface area contributed by atoms with E-state index in [1.54, 1.807) is 12.1 Å². The number of carbonyl (C=O) groups excluding carboxylic acids is 1. The molecule has 3 aromatic rings. The Bertz CT molecular complexity index is 1460. The lowest BCUT2D eigenvalue weighted by atomic mass is 10.0. The van der Waals surface area contributed by atoms with E-state index in [9.17, 15) is 10.0 Å². The van der Waals surface area contributed by atoms with Gasteiger partial charge in [0.1, 0.15) is 18.1 Å². The molecule has 0 spiro atoms. The maximum atomic E-state index is 13.7. The van der Waals surface area contributed by atoms with Crippen molar-refractivity contribution in [2.75, 3.05) is 33.0 Å². The summed E-state index contributed by atoms with van der Waals surface area (Å²) in [6, 6.07) is 20.4. The van der Waals surface area contributed by atoms with E-state index in [-0.39, 0.29) is 19.1 Å². The molecule has 0 heterocycles. The zero-order chi connectivity index (χ0) is 39.0. The summed E-state index contributed by atoms with van der Waals surface area (Å²) in [6.07, 6.45) is 13.2. The Labute approximate surface area is 326 Å². The smallest absolute Gasteiger partial charge is 0.251 e. The van der Waals surface area contributed by atoms with Crippen LogP contribution in [-0.2, 0) is 0 Å². The summed E-state index contributed by atoms with van der Waals surface area (Å²) in [5.74, 6) is 4.05. The van der Waals surface area contributed by atoms with Crippen molar-refractivity contribution in [3.8, 4) is 23.0 Å². The van der Waals surface area contributed by atoms with Crippen LogP contribution in [0.5, 0.6) is 23.0 Å². The molecular formula is C46H68N2O6. The monoisotopic (exact) mass is 745 g/mol. The quantitative estimate of drug-likeness (QED) is 0.0332. The lowest BCUT2D eigenvalue weighted by Gasteiger charge is -2.19. The van der Waals surface area contributed by atoms with Gasteiger partial charge in [-0.3, -0.25) is 4.79 Å². The fourth-order valence-electron chi connectivity index (χ4n) is 6.18. The highest BCUT2D eigenvalue weighted by Crippen LogP contribution is 2.40. The van der Waals surface area contributed by atoms with Gasteiger partial charge in [-0.2, -0.15) is 0 Å². The van der Waals surface area contributed by atoms with Crippen LogP contribution < -0.4 is 24.3 Å². The summed E-state index contributed by atoms with van der Waals surface area (Å²) in [6.45, 7) is 15.7. The van der Waals surface area contributed by atoms with Gasteiger partial charge in [0.2, 0.25) is 5.75 Å². The maximum Gasteiger partial charge on any atom is 0.251 e. The third kappa shape index (κ3) is 16.9. The van der Waals surface area contributed by atoms with E-state index in [0.29, 0.717) is 77.4 Å². The summed E-state index contributed by atoms with van der Waals surface area (Å²) >= 11 is 0. The lowest BCUT2D eigenvalue weighted by molar-refractivity contribution is 0.0945. The number of para-hydroxylation sites is 1. The molecular weight excluding hydrogens is 677 g/mol. The highest BCUT2D eigenvalue weighted by molar-refractivity contribution is 6.14. The first-order valence-electron chi connectivity index (χ1n) is 20.5. The van der Waals surface area contributed by atoms with Crippen LogP contribution in [0, 0.1) is 17.8 Å². The Balaban J connectivity index is 1.74. The van der Waals surface area contributed by atoms with Gasteiger partial charge in [0.15, 0.2) is 11.5 Å². The van der Waals surface area contributed by atoms with Gasteiger partial charge in [0.05, 0.1) is 26.4 Å². The van der Waals surface area contributed by atoms with Crippen molar-refractivity contribution in [3.05, 3.63) is 83.4 Å². The van der Waals surface area contributed by atoms with Gasteiger partial charge in [-0.15, -0.1) is 0 Å². The van der Waals surface area contributed by atoms with E-state index in [1.807, 2.05) is 54.6 Å². The Kier molecular flexibility index (Phi) is 21.1. The second kappa shape index (κ2) is 25.8. The summed E-state index contributed by atoms with van der Waals surface area (Å²) < 4.78 is 25.3. The Morgan fingerprint density at radius 1 is 0.574 bits per heavy atom. The minimum atomic E-state index is -0.252. The van der Waals surface area contributed by atoms with E-state index < -0.39 is 0 Å². The maximum absolute atomic E-state index is 13.7. The van der Waals surface area contributed by atoms with Crippen LogP contribution in [0.3, 0.4) is 0 Å². The van der Waals surface area contributed by atoms with Gasteiger partial charge >= 0.3 is 0 Å². The van der Waals surface area contributed by atoms with Crippen LogP contribution in [0.2, 0.25) is 0 Å². The molecule has 3 aromatic carbocycles. The number of rotatable bonds is 28. The van der Waals surface area contributed by atoms with Gasteiger partial charge in [-0.25, -0.2) is 0 Å². The molecule has 0 aromatic heterocycles. The molecule has 0 unspecified atom stereocenters. The molecule has 1 amide bonds. The first-order valence-corrected chi connectivity index (χ1v) is 20.5. The summed E-state index contributed by atoms with van der Waals surface area (Å²) in [5, 5.41) is 16.4. The van der Waals surface area contributed by atoms with Crippen molar-refractivity contribution in [2.24, 2.45) is 22.9 Å². The molecule has 8 heteroatoms. The predicted octanol–water partition coefficient (Wildman–Crippen LogP) is 11.5.